The highest BCUT2D eigenvalue weighted by Gasteiger charge is 2.53. The van der Waals surface area contributed by atoms with E-state index in [4.69, 9.17) is 9.47 Å². The zero-order valence-electron chi connectivity index (χ0n) is 13.8. The Balaban J connectivity index is 1.74. The molecule has 10 heteroatoms. The minimum atomic E-state index is -1.59. The van der Waals surface area contributed by atoms with Crippen LogP contribution in [-0.2, 0) is 9.47 Å². The molecule has 0 bridgehead atoms. The molecule has 0 saturated carbocycles. The molecule has 2 fully saturated rings. The van der Waals surface area contributed by atoms with Gasteiger partial charge in [-0.3, -0.25) is 4.57 Å². The van der Waals surface area contributed by atoms with Crippen molar-refractivity contribution in [3.05, 3.63) is 12.7 Å². The van der Waals surface area contributed by atoms with Crippen molar-refractivity contribution in [2.75, 3.05) is 37.8 Å². The van der Waals surface area contributed by atoms with E-state index in [-0.39, 0.29) is 0 Å². The van der Waals surface area contributed by atoms with Gasteiger partial charge in [0.05, 0.1) is 26.1 Å². The van der Waals surface area contributed by atoms with Crippen LogP contribution in [0.4, 0.5) is 5.82 Å². The lowest BCUT2D eigenvalue weighted by atomic mass is 9.96. The number of aliphatic hydroxyl groups excluding tert-OH is 2. The molecule has 0 aromatic carbocycles. The molecular weight excluding hydrogens is 330 g/mol. The van der Waals surface area contributed by atoms with Gasteiger partial charge in [-0.2, -0.15) is 0 Å². The predicted octanol–water partition coefficient (Wildman–Crippen LogP) is -1.34. The number of morpholine rings is 1. The summed E-state index contributed by atoms with van der Waals surface area (Å²) in [6.07, 6.45) is -0.0697. The van der Waals surface area contributed by atoms with Crippen molar-refractivity contribution in [3.63, 3.8) is 0 Å². The van der Waals surface area contributed by atoms with Crippen LogP contribution in [0.5, 0.6) is 0 Å². The van der Waals surface area contributed by atoms with E-state index in [9.17, 15) is 15.3 Å². The minimum Gasteiger partial charge on any atom is -0.394 e. The Hall–Kier alpha value is -1.85. The van der Waals surface area contributed by atoms with Gasteiger partial charge in [-0.15, -0.1) is 0 Å². The van der Waals surface area contributed by atoms with Crippen LogP contribution in [0, 0.1) is 0 Å². The Morgan fingerprint density at radius 2 is 2.04 bits per heavy atom. The van der Waals surface area contributed by atoms with Crippen molar-refractivity contribution < 1.29 is 24.8 Å². The third kappa shape index (κ3) is 2.57. The molecule has 2 saturated heterocycles. The fraction of sp³-hybridized carbons (Fsp3) is 0.667. The van der Waals surface area contributed by atoms with E-state index in [0.717, 1.165) is 0 Å². The van der Waals surface area contributed by atoms with Crippen LogP contribution >= 0.6 is 0 Å². The molecule has 2 aliphatic heterocycles. The summed E-state index contributed by atoms with van der Waals surface area (Å²) in [5, 5.41) is 30.2. The van der Waals surface area contributed by atoms with Gasteiger partial charge in [-0.25, -0.2) is 15.0 Å². The summed E-state index contributed by atoms with van der Waals surface area (Å²) in [5.74, 6) is 0.698. The largest absolute Gasteiger partial charge is 0.394 e. The Bertz CT molecular complexity index is 760. The van der Waals surface area contributed by atoms with Gasteiger partial charge in [0.2, 0.25) is 0 Å². The summed E-state index contributed by atoms with van der Waals surface area (Å²) in [7, 11) is 0. The van der Waals surface area contributed by atoms with E-state index in [0.29, 0.717) is 43.3 Å². The lowest BCUT2D eigenvalue weighted by Crippen LogP contribution is -2.44. The third-order valence-electron chi connectivity index (χ3n) is 4.84. The number of nitrogens with zero attached hydrogens (tertiary/aromatic N) is 5. The Morgan fingerprint density at radius 1 is 1.28 bits per heavy atom. The number of anilines is 1. The van der Waals surface area contributed by atoms with E-state index in [1.54, 1.807) is 4.57 Å². The van der Waals surface area contributed by atoms with Gasteiger partial charge in [-0.05, 0) is 6.92 Å². The van der Waals surface area contributed by atoms with Crippen LogP contribution in [0.2, 0.25) is 0 Å². The number of hydrogen-bond acceptors (Lipinski definition) is 9. The Kier molecular flexibility index (Phi) is 4.08. The maximum absolute atomic E-state index is 10.7. The molecular formula is C15H21N5O5. The number of aliphatic hydroxyl groups is 3. The predicted molar refractivity (Wildman–Crippen MR) is 86.0 cm³/mol. The fourth-order valence-electron chi connectivity index (χ4n) is 3.41. The molecule has 2 aromatic heterocycles. The van der Waals surface area contributed by atoms with Crippen LogP contribution in [0.1, 0.15) is 13.2 Å². The maximum atomic E-state index is 10.7. The van der Waals surface area contributed by atoms with Crippen molar-refractivity contribution in [2.24, 2.45) is 0 Å². The SMILES string of the molecule is CC1(O)C(O)C(CO)OC1n1cnc2c(N3CCOCC3)ncnc21. The average Bonchev–Trinajstić information content (AvgIpc) is 3.15. The average molecular weight is 351 g/mol. The summed E-state index contributed by atoms with van der Waals surface area (Å²) < 4.78 is 12.6. The molecule has 0 radical (unpaired) electrons. The molecule has 4 rings (SSSR count). The zero-order valence-corrected chi connectivity index (χ0v) is 13.8. The van der Waals surface area contributed by atoms with Gasteiger partial charge in [0.15, 0.2) is 23.2 Å². The first-order valence-electron chi connectivity index (χ1n) is 8.21. The first-order valence-corrected chi connectivity index (χ1v) is 8.21. The van der Waals surface area contributed by atoms with Crippen LogP contribution in [0.15, 0.2) is 12.7 Å². The smallest absolute Gasteiger partial charge is 0.168 e. The van der Waals surface area contributed by atoms with Crippen molar-refractivity contribution >= 4 is 17.0 Å². The van der Waals surface area contributed by atoms with Crippen molar-refractivity contribution in [2.45, 2.75) is 31.0 Å². The van der Waals surface area contributed by atoms with Crippen LogP contribution in [0.3, 0.4) is 0 Å². The van der Waals surface area contributed by atoms with Gasteiger partial charge >= 0.3 is 0 Å². The summed E-state index contributed by atoms with van der Waals surface area (Å²) in [6, 6.07) is 0. The minimum absolute atomic E-state index is 0.394. The van der Waals surface area contributed by atoms with Crippen molar-refractivity contribution in [1.82, 2.24) is 19.5 Å². The lowest BCUT2D eigenvalue weighted by molar-refractivity contribution is -0.0950. The highest BCUT2D eigenvalue weighted by molar-refractivity contribution is 5.83. The molecule has 136 valence electrons. The Labute approximate surface area is 143 Å². The summed E-state index contributed by atoms with van der Waals surface area (Å²) in [4.78, 5) is 15.1. The fourth-order valence-corrected chi connectivity index (χ4v) is 3.41. The van der Waals surface area contributed by atoms with Gasteiger partial charge in [0.25, 0.3) is 0 Å². The van der Waals surface area contributed by atoms with E-state index in [2.05, 4.69) is 19.9 Å². The number of aromatic nitrogens is 4. The molecule has 4 atom stereocenters. The monoisotopic (exact) mass is 351 g/mol. The van der Waals surface area contributed by atoms with E-state index in [1.165, 1.54) is 19.6 Å². The molecule has 25 heavy (non-hydrogen) atoms. The molecule has 4 unspecified atom stereocenters. The van der Waals surface area contributed by atoms with E-state index < -0.39 is 30.6 Å². The van der Waals surface area contributed by atoms with Gasteiger partial charge in [-0.1, -0.05) is 0 Å². The van der Waals surface area contributed by atoms with Gasteiger partial charge in [0.1, 0.15) is 24.1 Å². The number of fused-ring (bicyclic) bond motifs is 1. The molecule has 0 amide bonds. The van der Waals surface area contributed by atoms with E-state index >= 15 is 0 Å². The molecule has 2 aromatic rings. The molecule has 3 N–H and O–H groups in total. The van der Waals surface area contributed by atoms with Crippen LogP contribution in [0.25, 0.3) is 11.2 Å². The zero-order chi connectivity index (χ0) is 17.6. The number of ether oxygens (including phenoxy) is 2. The lowest BCUT2D eigenvalue weighted by Gasteiger charge is -2.28. The van der Waals surface area contributed by atoms with Crippen LogP contribution in [-0.4, -0.2) is 85.6 Å². The number of imidazole rings is 1. The quantitative estimate of drug-likeness (QED) is 0.616. The topological polar surface area (TPSA) is 126 Å². The second-order valence-corrected chi connectivity index (χ2v) is 6.50. The van der Waals surface area contributed by atoms with Crippen molar-refractivity contribution in [3.8, 4) is 0 Å². The highest BCUT2D eigenvalue weighted by Crippen LogP contribution is 2.39. The highest BCUT2D eigenvalue weighted by atomic mass is 16.6. The maximum Gasteiger partial charge on any atom is 0.168 e. The standard InChI is InChI=1S/C15H21N5O5/c1-15(23)11(22)9(6-21)25-14(15)20-8-18-10-12(16-7-17-13(10)20)19-2-4-24-5-3-19/h7-9,11,14,21-23H,2-6H2,1H3. The third-order valence-corrected chi connectivity index (χ3v) is 4.84. The summed E-state index contributed by atoms with van der Waals surface area (Å²) in [6.45, 7) is 3.74. The van der Waals surface area contributed by atoms with Gasteiger partial charge < -0.3 is 29.7 Å². The van der Waals surface area contributed by atoms with Gasteiger partial charge in [0, 0.05) is 13.1 Å². The molecule has 2 aliphatic rings. The summed E-state index contributed by atoms with van der Waals surface area (Å²) in [5.41, 5.74) is -0.510. The van der Waals surface area contributed by atoms with E-state index in [1.807, 2.05) is 0 Å². The van der Waals surface area contributed by atoms with Crippen molar-refractivity contribution in [1.29, 1.82) is 0 Å². The Morgan fingerprint density at radius 3 is 2.72 bits per heavy atom. The molecule has 10 nitrogen and oxygen atoms in total. The first-order chi connectivity index (χ1) is 12.0. The second-order valence-electron chi connectivity index (χ2n) is 6.50. The molecule has 4 heterocycles. The molecule has 0 spiro atoms. The number of rotatable bonds is 3. The summed E-state index contributed by atoms with van der Waals surface area (Å²) >= 11 is 0. The van der Waals surface area contributed by atoms with Crippen LogP contribution < -0.4 is 4.90 Å². The first kappa shape index (κ1) is 16.6. The number of hydrogen-bond donors (Lipinski definition) is 3. The normalized spacial score (nSPS) is 33.3. The molecule has 0 aliphatic carbocycles. The second kappa shape index (κ2) is 6.15.